The van der Waals surface area contributed by atoms with Gasteiger partial charge in [-0.15, -0.1) is 0 Å². The molecule has 0 aliphatic heterocycles. The van der Waals surface area contributed by atoms with Crippen LogP contribution in [0.25, 0.3) is 0 Å². The number of carbonyl (C=O) groups is 2. The fraction of sp³-hybridized carbons (Fsp3) is 0.714. The fourth-order valence-electron chi connectivity index (χ4n) is 0.710. The summed E-state index contributed by atoms with van der Waals surface area (Å²) in [5.74, 6) is -2.43. The number of carboxylic acids is 1. The molecule has 0 bridgehead atoms. The molecule has 0 rings (SSSR count). The first-order chi connectivity index (χ1) is 6.75. The van der Waals surface area contributed by atoms with Crippen molar-refractivity contribution in [3.8, 4) is 0 Å². The molecule has 8 heteroatoms. The van der Waals surface area contributed by atoms with E-state index in [2.05, 4.69) is 5.73 Å². The Balaban J connectivity index is 3.80. The van der Waals surface area contributed by atoms with Crippen LogP contribution in [0.2, 0.25) is 0 Å². The summed E-state index contributed by atoms with van der Waals surface area (Å²) in [5, 5.41) is 10.1. The SMILES string of the molecule is NC(C(=O)NCCCC(=O)O)C(F)(F)F. The van der Waals surface area contributed by atoms with Gasteiger partial charge in [0.05, 0.1) is 0 Å². The van der Waals surface area contributed by atoms with Gasteiger partial charge in [0.1, 0.15) is 0 Å². The molecular formula is C7H11F3N2O3. The van der Waals surface area contributed by atoms with Gasteiger partial charge in [-0.05, 0) is 6.42 Å². The molecule has 0 saturated heterocycles. The molecule has 0 saturated carbocycles. The second-order valence-corrected chi connectivity index (χ2v) is 2.81. The van der Waals surface area contributed by atoms with Gasteiger partial charge in [0.15, 0.2) is 6.04 Å². The first kappa shape index (κ1) is 13.7. The van der Waals surface area contributed by atoms with Crippen molar-refractivity contribution in [1.82, 2.24) is 5.32 Å². The molecule has 0 radical (unpaired) electrons. The third-order valence-electron chi connectivity index (χ3n) is 1.50. The number of nitrogens with one attached hydrogen (secondary N) is 1. The predicted octanol–water partition coefficient (Wildman–Crippen LogP) is -0.143. The number of alkyl halides is 3. The van der Waals surface area contributed by atoms with Gasteiger partial charge in [0.25, 0.3) is 0 Å². The van der Waals surface area contributed by atoms with Gasteiger partial charge in [0.2, 0.25) is 5.91 Å². The lowest BCUT2D eigenvalue weighted by molar-refractivity contribution is -0.162. The Morgan fingerprint density at radius 2 is 1.93 bits per heavy atom. The lowest BCUT2D eigenvalue weighted by Crippen LogP contribution is -2.50. The molecule has 1 atom stereocenters. The van der Waals surface area contributed by atoms with Crippen molar-refractivity contribution in [2.24, 2.45) is 5.73 Å². The van der Waals surface area contributed by atoms with E-state index in [-0.39, 0.29) is 19.4 Å². The van der Waals surface area contributed by atoms with E-state index in [1.165, 1.54) is 0 Å². The zero-order valence-corrected chi connectivity index (χ0v) is 7.67. The predicted molar refractivity (Wildman–Crippen MR) is 43.9 cm³/mol. The number of aliphatic carboxylic acids is 1. The first-order valence-corrected chi connectivity index (χ1v) is 4.07. The molecule has 0 fully saturated rings. The topological polar surface area (TPSA) is 92.4 Å². The minimum atomic E-state index is -4.78. The molecule has 0 spiro atoms. The Morgan fingerprint density at radius 3 is 2.33 bits per heavy atom. The summed E-state index contributed by atoms with van der Waals surface area (Å²) in [6, 6.07) is -2.57. The van der Waals surface area contributed by atoms with Crippen molar-refractivity contribution < 1.29 is 27.9 Å². The van der Waals surface area contributed by atoms with E-state index in [9.17, 15) is 22.8 Å². The van der Waals surface area contributed by atoms with Crippen LogP contribution in [0.5, 0.6) is 0 Å². The van der Waals surface area contributed by atoms with E-state index in [0.29, 0.717) is 0 Å². The van der Waals surface area contributed by atoms with Crippen LogP contribution in [0.15, 0.2) is 0 Å². The number of carbonyl (C=O) groups excluding carboxylic acids is 1. The number of carboxylic acid groups (broad SMARTS) is 1. The van der Waals surface area contributed by atoms with Gasteiger partial charge < -0.3 is 16.2 Å². The highest BCUT2D eigenvalue weighted by Crippen LogP contribution is 2.18. The molecule has 0 aromatic heterocycles. The number of hydrogen-bond donors (Lipinski definition) is 3. The zero-order chi connectivity index (χ0) is 12.1. The van der Waals surface area contributed by atoms with Crippen molar-refractivity contribution in [1.29, 1.82) is 0 Å². The van der Waals surface area contributed by atoms with Crippen molar-refractivity contribution in [2.75, 3.05) is 6.54 Å². The average Bonchev–Trinajstić information content (AvgIpc) is 2.09. The van der Waals surface area contributed by atoms with Gasteiger partial charge >= 0.3 is 12.1 Å². The lowest BCUT2D eigenvalue weighted by Gasteiger charge is -2.14. The summed E-state index contributed by atoms with van der Waals surface area (Å²) in [6.45, 7) is -0.144. The Kier molecular flexibility index (Phi) is 5.06. The Bertz CT molecular complexity index is 242. The zero-order valence-electron chi connectivity index (χ0n) is 7.67. The first-order valence-electron chi connectivity index (χ1n) is 4.07. The average molecular weight is 228 g/mol. The van der Waals surface area contributed by atoms with E-state index < -0.39 is 24.1 Å². The van der Waals surface area contributed by atoms with Crippen LogP contribution in [0.4, 0.5) is 13.2 Å². The highest BCUT2D eigenvalue weighted by molar-refractivity contribution is 5.82. The maximum absolute atomic E-state index is 11.9. The van der Waals surface area contributed by atoms with Gasteiger partial charge in [-0.1, -0.05) is 0 Å². The van der Waals surface area contributed by atoms with Gasteiger partial charge in [-0.3, -0.25) is 9.59 Å². The smallest absolute Gasteiger partial charge is 0.412 e. The summed E-state index contributed by atoms with van der Waals surface area (Å²) >= 11 is 0. The van der Waals surface area contributed by atoms with Crippen molar-refractivity contribution in [3.63, 3.8) is 0 Å². The Labute approximate surface area is 83.4 Å². The molecule has 5 nitrogen and oxygen atoms in total. The number of amides is 1. The van der Waals surface area contributed by atoms with Crippen LogP contribution >= 0.6 is 0 Å². The quantitative estimate of drug-likeness (QED) is 0.571. The van der Waals surface area contributed by atoms with E-state index >= 15 is 0 Å². The van der Waals surface area contributed by atoms with E-state index in [0.717, 1.165) is 0 Å². The van der Waals surface area contributed by atoms with Crippen LogP contribution in [0, 0.1) is 0 Å². The van der Waals surface area contributed by atoms with E-state index in [1.807, 2.05) is 5.32 Å². The minimum absolute atomic E-state index is 0.0612. The van der Waals surface area contributed by atoms with Crippen molar-refractivity contribution >= 4 is 11.9 Å². The van der Waals surface area contributed by atoms with Crippen LogP contribution in [-0.2, 0) is 9.59 Å². The minimum Gasteiger partial charge on any atom is -0.481 e. The highest BCUT2D eigenvalue weighted by atomic mass is 19.4. The highest BCUT2D eigenvalue weighted by Gasteiger charge is 2.41. The van der Waals surface area contributed by atoms with Crippen molar-refractivity contribution in [3.05, 3.63) is 0 Å². The van der Waals surface area contributed by atoms with Gasteiger partial charge in [-0.2, -0.15) is 13.2 Å². The van der Waals surface area contributed by atoms with Crippen molar-refractivity contribution in [2.45, 2.75) is 25.1 Å². The van der Waals surface area contributed by atoms with E-state index in [4.69, 9.17) is 5.11 Å². The van der Waals surface area contributed by atoms with E-state index in [1.54, 1.807) is 0 Å². The van der Waals surface area contributed by atoms with Gasteiger partial charge in [-0.25, -0.2) is 0 Å². The molecule has 1 amide bonds. The molecule has 88 valence electrons. The van der Waals surface area contributed by atoms with Crippen LogP contribution in [0.3, 0.4) is 0 Å². The second kappa shape index (κ2) is 5.54. The summed E-state index contributed by atoms with van der Waals surface area (Å²) in [4.78, 5) is 20.8. The Hall–Kier alpha value is -1.31. The molecule has 0 heterocycles. The molecule has 1 unspecified atom stereocenters. The van der Waals surface area contributed by atoms with Crippen LogP contribution < -0.4 is 11.1 Å². The molecule has 0 aromatic rings. The maximum atomic E-state index is 11.9. The molecule has 15 heavy (non-hydrogen) atoms. The largest absolute Gasteiger partial charge is 0.481 e. The number of nitrogens with two attached hydrogens (primary N) is 1. The van der Waals surface area contributed by atoms with Crippen LogP contribution in [0.1, 0.15) is 12.8 Å². The molecule has 0 aliphatic carbocycles. The standard InChI is InChI=1S/C7H11F3N2O3/c8-7(9,10)5(11)6(15)12-3-1-2-4(13)14/h5H,1-3,11H2,(H,12,15)(H,13,14). The third kappa shape index (κ3) is 5.89. The number of halogens is 3. The number of rotatable bonds is 5. The molecule has 0 aromatic carbocycles. The fourth-order valence-corrected chi connectivity index (χ4v) is 0.710. The summed E-state index contributed by atoms with van der Waals surface area (Å²) in [6.07, 6.45) is -4.94. The maximum Gasteiger partial charge on any atom is 0.412 e. The summed E-state index contributed by atoms with van der Waals surface area (Å²) in [5.41, 5.74) is 4.58. The molecular weight excluding hydrogens is 217 g/mol. The summed E-state index contributed by atoms with van der Waals surface area (Å²) < 4.78 is 35.6. The molecule has 0 aliphatic rings. The molecule has 4 N–H and O–H groups in total. The lowest BCUT2D eigenvalue weighted by atomic mass is 10.2. The second-order valence-electron chi connectivity index (χ2n) is 2.81. The Morgan fingerprint density at radius 1 is 1.40 bits per heavy atom. The monoisotopic (exact) mass is 228 g/mol. The van der Waals surface area contributed by atoms with Crippen LogP contribution in [-0.4, -0.2) is 35.7 Å². The number of hydrogen-bond acceptors (Lipinski definition) is 3. The third-order valence-corrected chi connectivity index (χ3v) is 1.50. The van der Waals surface area contributed by atoms with Gasteiger partial charge in [0, 0.05) is 13.0 Å². The normalized spacial score (nSPS) is 13.3. The summed E-state index contributed by atoms with van der Waals surface area (Å²) in [7, 11) is 0.